The molecule has 0 radical (unpaired) electrons. The summed E-state index contributed by atoms with van der Waals surface area (Å²) in [5, 5.41) is 3.81. The van der Waals surface area contributed by atoms with Crippen molar-refractivity contribution in [2.24, 2.45) is 5.73 Å². The van der Waals surface area contributed by atoms with E-state index in [2.05, 4.69) is 5.32 Å². The molecule has 0 heterocycles. The number of benzene rings is 1. The van der Waals surface area contributed by atoms with Crippen LogP contribution in [0.4, 0.5) is 0 Å². The third-order valence-corrected chi connectivity index (χ3v) is 2.82. The van der Waals surface area contributed by atoms with Crippen LogP contribution in [0.2, 0.25) is 10.0 Å². The van der Waals surface area contributed by atoms with E-state index >= 15 is 0 Å². The number of halogens is 2. The third kappa shape index (κ3) is 5.23. The van der Waals surface area contributed by atoms with E-state index in [-0.39, 0.29) is 5.91 Å². The van der Waals surface area contributed by atoms with Crippen LogP contribution < -0.4 is 11.1 Å². The van der Waals surface area contributed by atoms with Gasteiger partial charge in [0.05, 0.1) is 19.3 Å². The van der Waals surface area contributed by atoms with Crippen molar-refractivity contribution in [3.63, 3.8) is 0 Å². The lowest BCUT2D eigenvalue weighted by molar-refractivity contribution is -0.122. The van der Waals surface area contributed by atoms with Crippen LogP contribution in [0, 0.1) is 0 Å². The minimum Gasteiger partial charge on any atom is -0.375 e. The molecule has 0 aliphatic heterocycles. The molecule has 1 aromatic carbocycles. The summed E-state index contributed by atoms with van der Waals surface area (Å²) in [5.41, 5.74) is 6.25. The second-order valence-corrected chi connectivity index (χ2v) is 4.71. The van der Waals surface area contributed by atoms with Gasteiger partial charge in [0.1, 0.15) is 0 Å². The molecule has 3 N–H and O–H groups in total. The highest BCUT2D eigenvalue weighted by Gasteiger charge is 2.05. The highest BCUT2D eigenvalue weighted by Crippen LogP contribution is 2.21. The summed E-state index contributed by atoms with van der Waals surface area (Å²) in [6.07, 6.45) is 0. The molecule has 0 aliphatic rings. The predicted molar refractivity (Wildman–Crippen MR) is 72.8 cm³/mol. The van der Waals surface area contributed by atoms with Crippen LogP contribution in [0.25, 0.3) is 0 Å². The average Bonchev–Trinajstić information content (AvgIpc) is 2.30. The molecular formula is C12H16Cl2N2O2. The van der Waals surface area contributed by atoms with Crippen molar-refractivity contribution < 1.29 is 9.53 Å². The van der Waals surface area contributed by atoms with Crippen LogP contribution in [-0.2, 0) is 16.1 Å². The maximum atomic E-state index is 11.1. The summed E-state index contributed by atoms with van der Waals surface area (Å²) >= 11 is 11.8. The zero-order chi connectivity index (χ0) is 13.5. The van der Waals surface area contributed by atoms with Gasteiger partial charge < -0.3 is 15.8 Å². The van der Waals surface area contributed by atoms with Crippen molar-refractivity contribution in [3.05, 3.63) is 33.8 Å². The van der Waals surface area contributed by atoms with Crippen molar-refractivity contribution >= 4 is 29.1 Å². The number of hydrogen-bond acceptors (Lipinski definition) is 3. The molecule has 6 heteroatoms. The highest BCUT2D eigenvalue weighted by molar-refractivity contribution is 6.35. The quantitative estimate of drug-likeness (QED) is 0.788. The molecule has 0 bridgehead atoms. The fourth-order valence-corrected chi connectivity index (χ4v) is 1.69. The summed E-state index contributed by atoms with van der Waals surface area (Å²) < 4.78 is 5.39. The van der Waals surface area contributed by atoms with E-state index in [0.29, 0.717) is 29.8 Å². The van der Waals surface area contributed by atoms with Gasteiger partial charge >= 0.3 is 0 Å². The van der Waals surface area contributed by atoms with E-state index in [9.17, 15) is 4.79 Å². The summed E-state index contributed by atoms with van der Waals surface area (Å²) in [6.45, 7) is 2.83. The lowest BCUT2D eigenvalue weighted by Gasteiger charge is -2.09. The molecule has 1 aromatic rings. The third-order valence-electron chi connectivity index (χ3n) is 2.23. The normalized spacial score (nSPS) is 12.2. The van der Waals surface area contributed by atoms with E-state index in [1.807, 2.05) is 6.07 Å². The molecule has 1 rings (SSSR count). The number of carbonyl (C=O) groups excluding carboxylic acids is 1. The molecule has 0 saturated carbocycles. The van der Waals surface area contributed by atoms with Crippen LogP contribution in [0.5, 0.6) is 0 Å². The first-order chi connectivity index (χ1) is 8.50. The SMILES string of the molecule is C[C@@H](N)C(=O)NCCOCc1ccc(Cl)cc1Cl. The van der Waals surface area contributed by atoms with Gasteiger partial charge in [0.2, 0.25) is 5.91 Å². The lowest BCUT2D eigenvalue weighted by Crippen LogP contribution is -2.39. The molecule has 4 nitrogen and oxygen atoms in total. The fourth-order valence-electron chi connectivity index (χ4n) is 1.23. The number of amides is 1. The summed E-state index contributed by atoms with van der Waals surface area (Å²) in [5.74, 6) is -0.192. The molecule has 0 fully saturated rings. The average molecular weight is 291 g/mol. The molecular weight excluding hydrogens is 275 g/mol. The Kier molecular flexibility index (Phi) is 6.43. The molecule has 0 saturated heterocycles. The largest absolute Gasteiger partial charge is 0.375 e. The van der Waals surface area contributed by atoms with E-state index in [4.69, 9.17) is 33.7 Å². The molecule has 1 atom stereocenters. The number of nitrogens with one attached hydrogen (secondary N) is 1. The lowest BCUT2D eigenvalue weighted by atomic mass is 10.2. The van der Waals surface area contributed by atoms with Crippen molar-refractivity contribution in [1.82, 2.24) is 5.32 Å². The Labute approximate surface area is 116 Å². The Hall–Kier alpha value is -0.810. The standard InChI is InChI=1S/C12H16Cl2N2O2/c1-8(15)12(17)16-4-5-18-7-9-2-3-10(13)6-11(9)14/h2-3,6,8H,4-5,7,15H2,1H3,(H,16,17)/t8-/m1/s1. The van der Waals surface area contributed by atoms with E-state index in [0.717, 1.165) is 5.56 Å². The van der Waals surface area contributed by atoms with Gasteiger partial charge in [0, 0.05) is 16.6 Å². The number of carbonyl (C=O) groups is 1. The predicted octanol–water partition coefficient (Wildman–Crippen LogP) is 1.97. The monoisotopic (exact) mass is 290 g/mol. The van der Waals surface area contributed by atoms with Gasteiger partial charge in [0.15, 0.2) is 0 Å². The zero-order valence-corrected chi connectivity index (χ0v) is 11.6. The Balaban J connectivity index is 2.24. The second kappa shape index (κ2) is 7.59. The zero-order valence-electron chi connectivity index (χ0n) is 10.1. The summed E-state index contributed by atoms with van der Waals surface area (Å²) in [7, 11) is 0. The molecule has 1 amide bonds. The number of ether oxygens (including phenoxy) is 1. The Morgan fingerprint density at radius 2 is 2.22 bits per heavy atom. The number of hydrogen-bond donors (Lipinski definition) is 2. The molecule has 18 heavy (non-hydrogen) atoms. The van der Waals surface area contributed by atoms with Crippen LogP contribution >= 0.6 is 23.2 Å². The van der Waals surface area contributed by atoms with Gasteiger partial charge in [-0.1, -0.05) is 29.3 Å². The van der Waals surface area contributed by atoms with E-state index in [1.54, 1.807) is 19.1 Å². The first-order valence-electron chi connectivity index (χ1n) is 5.55. The molecule has 0 spiro atoms. The maximum absolute atomic E-state index is 11.1. The first kappa shape index (κ1) is 15.2. The molecule has 0 aliphatic carbocycles. The van der Waals surface area contributed by atoms with Crippen molar-refractivity contribution in [2.45, 2.75) is 19.6 Å². The van der Waals surface area contributed by atoms with Crippen LogP contribution in [0.1, 0.15) is 12.5 Å². The minimum atomic E-state index is -0.504. The van der Waals surface area contributed by atoms with Gasteiger partial charge in [-0.2, -0.15) is 0 Å². The molecule has 100 valence electrons. The van der Waals surface area contributed by atoms with E-state index in [1.165, 1.54) is 0 Å². The van der Waals surface area contributed by atoms with Crippen molar-refractivity contribution in [3.8, 4) is 0 Å². The van der Waals surface area contributed by atoms with Gasteiger partial charge in [-0.05, 0) is 24.6 Å². The fraction of sp³-hybridized carbons (Fsp3) is 0.417. The van der Waals surface area contributed by atoms with Crippen LogP contribution in [0.15, 0.2) is 18.2 Å². The van der Waals surface area contributed by atoms with Crippen molar-refractivity contribution in [2.75, 3.05) is 13.2 Å². The number of rotatable bonds is 6. The van der Waals surface area contributed by atoms with Gasteiger partial charge in [-0.15, -0.1) is 0 Å². The molecule has 0 unspecified atom stereocenters. The second-order valence-electron chi connectivity index (χ2n) is 3.87. The topological polar surface area (TPSA) is 64.4 Å². The highest BCUT2D eigenvalue weighted by atomic mass is 35.5. The van der Waals surface area contributed by atoms with Gasteiger partial charge in [0.25, 0.3) is 0 Å². The van der Waals surface area contributed by atoms with Gasteiger partial charge in [-0.3, -0.25) is 4.79 Å². The summed E-state index contributed by atoms with van der Waals surface area (Å²) in [4.78, 5) is 11.1. The smallest absolute Gasteiger partial charge is 0.236 e. The van der Waals surface area contributed by atoms with Crippen LogP contribution in [-0.4, -0.2) is 25.1 Å². The first-order valence-corrected chi connectivity index (χ1v) is 6.31. The van der Waals surface area contributed by atoms with Gasteiger partial charge in [-0.25, -0.2) is 0 Å². The van der Waals surface area contributed by atoms with Crippen molar-refractivity contribution in [1.29, 1.82) is 0 Å². The Morgan fingerprint density at radius 3 is 2.83 bits per heavy atom. The Bertz CT molecular complexity index is 411. The number of nitrogens with two attached hydrogens (primary N) is 1. The maximum Gasteiger partial charge on any atom is 0.236 e. The summed E-state index contributed by atoms with van der Waals surface area (Å²) in [6, 6.07) is 4.73. The Morgan fingerprint density at radius 1 is 1.50 bits per heavy atom. The van der Waals surface area contributed by atoms with Crippen LogP contribution in [0.3, 0.4) is 0 Å². The minimum absolute atomic E-state index is 0.192. The van der Waals surface area contributed by atoms with E-state index < -0.39 is 6.04 Å². The molecule has 0 aromatic heterocycles.